The number of para-hydroxylation sites is 2. The van der Waals surface area contributed by atoms with Crippen LogP contribution in [0.4, 0.5) is 11.5 Å². The number of fused-ring (bicyclic) bond motifs is 3. The van der Waals surface area contributed by atoms with Crippen LogP contribution < -0.4 is 5.32 Å². The average molecular weight is 270 g/mol. The van der Waals surface area contributed by atoms with Gasteiger partial charge in [0.25, 0.3) is 0 Å². The normalized spacial score (nSPS) is 10.9. The zero-order valence-electron chi connectivity index (χ0n) is 11.5. The Morgan fingerprint density at radius 1 is 0.571 bits per heavy atom. The molecule has 2 nitrogen and oxygen atoms in total. The van der Waals surface area contributed by atoms with E-state index in [1.54, 1.807) is 0 Å². The van der Waals surface area contributed by atoms with Crippen molar-refractivity contribution in [2.45, 2.75) is 0 Å². The molecule has 0 spiro atoms. The molecule has 0 atom stereocenters. The second-order valence-corrected chi connectivity index (χ2v) is 5.01. The van der Waals surface area contributed by atoms with Crippen molar-refractivity contribution in [2.24, 2.45) is 0 Å². The molecule has 1 heterocycles. The Morgan fingerprint density at radius 2 is 1.19 bits per heavy atom. The number of hydrogen-bond acceptors (Lipinski definition) is 2. The Labute approximate surface area is 123 Å². The first-order valence-corrected chi connectivity index (χ1v) is 7.01. The van der Waals surface area contributed by atoms with E-state index in [0.29, 0.717) is 0 Å². The fourth-order valence-corrected chi connectivity index (χ4v) is 2.66. The molecule has 0 radical (unpaired) electrons. The third-order valence-corrected chi connectivity index (χ3v) is 3.65. The number of hydrogen-bond donors (Lipinski definition) is 1. The molecule has 0 aliphatic carbocycles. The van der Waals surface area contributed by atoms with Crippen molar-refractivity contribution >= 4 is 33.2 Å². The maximum absolute atomic E-state index is 4.79. The summed E-state index contributed by atoms with van der Waals surface area (Å²) in [7, 11) is 0. The molecule has 0 bridgehead atoms. The Morgan fingerprint density at radius 3 is 2.00 bits per heavy atom. The summed E-state index contributed by atoms with van der Waals surface area (Å²) in [4.78, 5) is 4.79. The standard InChI is InChI=1S/C19H14N2/c1-2-8-14(9-3-1)20-19-17-12-5-4-10-15(17)16-11-6-7-13-18(16)21-19/h1-13H,(H,20,21). The van der Waals surface area contributed by atoms with Crippen molar-refractivity contribution in [3.63, 3.8) is 0 Å². The molecular weight excluding hydrogens is 256 g/mol. The smallest absolute Gasteiger partial charge is 0.138 e. The summed E-state index contributed by atoms with van der Waals surface area (Å²) in [6.07, 6.45) is 0. The number of nitrogens with zero attached hydrogens (tertiary/aromatic N) is 1. The average Bonchev–Trinajstić information content (AvgIpc) is 2.56. The van der Waals surface area contributed by atoms with Crippen LogP contribution in [-0.4, -0.2) is 4.98 Å². The Bertz CT molecular complexity index is 914. The minimum absolute atomic E-state index is 0.899. The van der Waals surface area contributed by atoms with Crippen LogP contribution in [0, 0.1) is 0 Å². The molecule has 21 heavy (non-hydrogen) atoms. The summed E-state index contributed by atoms with van der Waals surface area (Å²) in [5, 5.41) is 6.98. The number of benzene rings is 3. The molecule has 0 fully saturated rings. The van der Waals surface area contributed by atoms with E-state index in [9.17, 15) is 0 Å². The maximum atomic E-state index is 4.79. The predicted octanol–water partition coefficient (Wildman–Crippen LogP) is 5.13. The SMILES string of the molecule is c1ccc(Nc2nc3ccccc3c3ccccc23)cc1. The van der Waals surface area contributed by atoms with Gasteiger partial charge in [0.05, 0.1) is 5.52 Å². The van der Waals surface area contributed by atoms with Crippen LogP contribution in [0.1, 0.15) is 0 Å². The van der Waals surface area contributed by atoms with Crippen LogP contribution in [0.15, 0.2) is 78.9 Å². The Kier molecular flexibility index (Phi) is 2.79. The van der Waals surface area contributed by atoms with Gasteiger partial charge in [0, 0.05) is 16.5 Å². The van der Waals surface area contributed by atoms with Gasteiger partial charge in [0.2, 0.25) is 0 Å². The molecule has 4 rings (SSSR count). The van der Waals surface area contributed by atoms with Gasteiger partial charge < -0.3 is 5.32 Å². The molecule has 100 valence electrons. The number of pyridine rings is 1. The highest BCUT2D eigenvalue weighted by Gasteiger charge is 2.07. The molecule has 0 unspecified atom stereocenters. The van der Waals surface area contributed by atoms with Crippen LogP contribution in [0.5, 0.6) is 0 Å². The van der Waals surface area contributed by atoms with Gasteiger partial charge in [-0.1, -0.05) is 60.7 Å². The van der Waals surface area contributed by atoms with Crippen molar-refractivity contribution in [3.8, 4) is 0 Å². The lowest BCUT2D eigenvalue weighted by Crippen LogP contribution is -1.95. The van der Waals surface area contributed by atoms with Crippen molar-refractivity contribution < 1.29 is 0 Å². The summed E-state index contributed by atoms with van der Waals surface area (Å²) < 4.78 is 0. The summed E-state index contributed by atoms with van der Waals surface area (Å²) in [6.45, 7) is 0. The van der Waals surface area contributed by atoms with Crippen LogP contribution >= 0.6 is 0 Å². The molecule has 1 aromatic heterocycles. The summed E-state index contributed by atoms with van der Waals surface area (Å²) in [6, 6.07) is 26.8. The Balaban J connectivity index is 1.98. The zero-order valence-corrected chi connectivity index (χ0v) is 11.5. The van der Waals surface area contributed by atoms with E-state index < -0.39 is 0 Å². The largest absolute Gasteiger partial charge is 0.340 e. The summed E-state index contributed by atoms with van der Waals surface area (Å²) >= 11 is 0. The topological polar surface area (TPSA) is 24.9 Å². The van der Waals surface area contributed by atoms with Crippen molar-refractivity contribution in [1.82, 2.24) is 4.98 Å². The van der Waals surface area contributed by atoms with Gasteiger partial charge in [0.1, 0.15) is 5.82 Å². The first kappa shape index (κ1) is 11.9. The molecule has 0 saturated carbocycles. The van der Waals surface area contributed by atoms with E-state index >= 15 is 0 Å². The van der Waals surface area contributed by atoms with Crippen LogP contribution in [0.3, 0.4) is 0 Å². The van der Waals surface area contributed by atoms with E-state index in [0.717, 1.165) is 22.4 Å². The van der Waals surface area contributed by atoms with Crippen LogP contribution in [0.2, 0.25) is 0 Å². The molecule has 2 heteroatoms. The first-order valence-electron chi connectivity index (χ1n) is 7.01. The molecule has 0 aliphatic rings. The number of anilines is 2. The minimum atomic E-state index is 0.899. The molecule has 1 N–H and O–H groups in total. The highest BCUT2D eigenvalue weighted by atomic mass is 15.0. The molecule has 4 aromatic rings. The van der Waals surface area contributed by atoms with E-state index in [4.69, 9.17) is 4.98 Å². The second kappa shape index (κ2) is 4.91. The molecule has 0 saturated heterocycles. The lowest BCUT2D eigenvalue weighted by Gasteiger charge is -2.11. The van der Waals surface area contributed by atoms with Gasteiger partial charge in [-0.05, 0) is 23.6 Å². The lowest BCUT2D eigenvalue weighted by atomic mass is 10.1. The fraction of sp³-hybridized carbons (Fsp3) is 0. The van der Waals surface area contributed by atoms with E-state index in [1.807, 2.05) is 36.4 Å². The summed E-state index contributed by atoms with van der Waals surface area (Å²) in [5.74, 6) is 0.899. The van der Waals surface area contributed by atoms with Gasteiger partial charge in [-0.15, -0.1) is 0 Å². The zero-order chi connectivity index (χ0) is 14.1. The van der Waals surface area contributed by atoms with Gasteiger partial charge in [-0.2, -0.15) is 0 Å². The molecule has 3 aromatic carbocycles. The number of aromatic nitrogens is 1. The van der Waals surface area contributed by atoms with Gasteiger partial charge in [-0.3, -0.25) is 0 Å². The summed E-state index contributed by atoms with van der Waals surface area (Å²) in [5.41, 5.74) is 2.06. The highest BCUT2D eigenvalue weighted by Crippen LogP contribution is 2.30. The highest BCUT2D eigenvalue weighted by molar-refractivity contribution is 6.10. The van der Waals surface area contributed by atoms with E-state index in [2.05, 4.69) is 47.8 Å². The fourth-order valence-electron chi connectivity index (χ4n) is 2.66. The monoisotopic (exact) mass is 270 g/mol. The van der Waals surface area contributed by atoms with Crippen molar-refractivity contribution in [1.29, 1.82) is 0 Å². The minimum Gasteiger partial charge on any atom is -0.340 e. The van der Waals surface area contributed by atoms with Crippen LogP contribution in [0.25, 0.3) is 21.7 Å². The molecular formula is C19H14N2. The van der Waals surface area contributed by atoms with Crippen molar-refractivity contribution in [3.05, 3.63) is 78.9 Å². The maximum Gasteiger partial charge on any atom is 0.138 e. The van der Waals surface area contributed by atoms with Gasteiger partial charge >= 0.3 is 0 Å². The quantitative estimate of drug-likeness (QED) is 0.511. The van der Waals surface area contributed by atoms with Crippen molar-refractivity contribution in [2.75, 3.05) is 5.32 Å². The number of nitrogens with one attached hydrogen (secondary N) is 1. The lowest BCUT2D eigenvalue weighted by molar-refractivity contribution is 1.40. The molecule has 0 amide bonds. The van der Waals surface area contributed by atoms with E-state index in [1.165, 1.54) is 10.8 Å². The Hall–Kier alpha value is -2.87. The predicted molar refractivity (Wildman–Crippen MR) is 89.0 cm³/mol. The molecule has 0 aliphatic heterocycles. The van der Waals surface area contributed by atoms with Gasteiger partial charge in [-0.25, -0.2) is 4.98 Å². The third kappa shape index (κ3) is 2.11. The number of rotatable bonds is 2. The van der Waals surface area contributed by atoms with Crippen LogP contribution in [-0.2, 0) is 0 Å². The van der Waals surface area contributed by atoms with E-state index in [-0.39, 0.29) is 0 Å². The third-order valence-electron chi connectivity index (χ3n) is 3.65. The first-order chi connectivity index (χ1) is 10.4. The second-order valence-electron chi connectivity index (χ2n) is 5.01. The van der Waals surface area contributed by atoms with Gasteiger partial charge in [0.15, 0.2) is 0 Å².